The fourth-order valence-electron chi connectivity index (χ4n) is 3.41. The minimum atomic E-state index is -0.0661. The predicted molar refractivity (Wildman–Crippen MR) is 116 cm³/mol. The minimum absolute atomic E-state index is 0.0362. The fourth-order valence-corrected chi connectivity index (χ4v) is 4.68. The molecule has 2 unspecified atom stereocenters. The molecule has 1 aliphatic heterocycles. The Morgan fingerprint density at radius 2 is 2.00 bits per heavy atom. The molecule has 1 aromatic carbocycles. The first-order chi connectivity index (χ1) is 13.2. The molecule has 2 heterocycles. The maximum Gasteiger partial charge on any atom is 0.262 e. The molecule has 0 N–H and O–H groups in total. The Hall–Kier alpha value is -1.38. The zero-order chi connectivity index (χ0) is 20.4. The van der Waals surface area contributed by atoms with Gasteiger partial charge in [0, 0.05) is 24.1 Å². The van der Waals surface area contributed by atoms with E-state index in [1.807, 2.05) is 30.9 Å². The summed E-state index contributed by atoms with van der Waals surface area (Å²) in [6.07, 6.45) is 0.0723. The molecule has 2 atom stereocenters. The number of hydrogen-bond acceptors (Lipinski definition) is 5. The van der Waals surface area contributed by atoms with Gasteiger partial charge >= 0.3 is 0 Å². The highest BCUT2D eigenvalue weighted by Gasteiger charge is 2.26. The number of morpholine rings is 1. The molecule has 3 rings (SSSR count). The van der Waals surface area contributed by atoms with Gasteiger partial charge in [0.15, 0.2) is 5.16 Å². The first-order valence-corrected chi connectivity index (χ1v) is 11.3. The number of rotatable bonds is 5. The number of carbonyl (C=O) groups excluding carboxylic acids is 1. The van der Waals surface area contributed by atoms with E-state index in [4.69, 9.17) is 4.74 Å². The lowest BCUT2D eigenvalue weighted by Crippen LogP contribution is -2.48. The molecule has 2 aromatic rings. The van der Waals surface area contributed by atoms with E-state index >= 15 is 0 Å². The van der Waals surface area contributed by atoms with Gasteiger partial charge in [0.05, 0.1) is 28.9 Å². The molecule has 1 aliphatic rings. The van der Waals surface area contributed by atoms with E-state index in [-0.39, 0.29) is 29.4 Å². The van der Waals surface area contributed by atoms with Crippen LogP contribution in [0.2, 0.25) is 0 Å². The Morgan fingerprint density at radius 1 is 1.32 bits per heavy atom. The average molecular weight is 468 g/mol. The molecule has 152 valence electrons. The first-order valence-electron chi connectivity index (χ1n) is 9.50. The monoisotopic (exact) mass is 467 g/mol. The summed E-state index contributed by atoms with van der Waals surface area (Å²) in [4.78, 5) is 32.3. The number of hydrogen-bond donors (Lipinski definition) is 0. The third-order valence-corrected chi connectivity index (χ3v) is 5.98. The van der Waals surface area contributed by atoms with Crippen molar-refractivity contribution in [2.75, 3.05) is 18.8 Å². The van der Waals surface area contributed by atoms with E-state index in [1.165, 1.54) is 11.8 Å². The van der Waals surface area contributed by atoms with Crippen molar-refractivity contribution in [3.8, 4) is 0 Å². The van der Waals surface area contributed by atoms with E-state index in [1.54, 1.807) is 10.6 Å². The van der Waals surface area contributed by atoms with Crippen LogP contribution in [0.1, 0.15) is 27.7 Å². The van der Waals surface area contributed by atoms with Crippen LogP contribution in [0.4, 0.5) is 0 Å². The van der Waals surface area contributed by atoms with Crippen molar-refractivity contribution in [2.24, 2.45) is 5.92 Å². The maximum absolute atomic E-state index is 13.0. The zero-order valence-corrected chi connectivity index (χ0v) is 19.0. The van der Waals surface area contributed by atoms with Crippen molar-refractivity contribution in [1.29, 1.82) is 0 Å². The average Bonchev–Trinajstić information content (AvgIpc) is 2.62. The first kappa shape index (κ1) is 21.3. The summed E-state index contributed by atoms with van der Waals surface area (Å²) in [5.74, 6) is 0.597. The van der Waals surface area contributed by atoms with Crippen LogP contribution >= 0.6 is 27.7 Å². The number of thioether (sulfide) groups is 1. The Balaban J connectivity index is 1.86. The third-order valence-electron chi connectivity index (χ3n) is 4.53. The smallest absolute Gasteiger partial charge is 0.262 e. The van der Waals surface area contributed by atoms with Crippen molar-refractivity contribution < 1.29 is 9.53 Å². The molecular weight excluding hydrogens is 442 g/mol. The van der Waals surface area contributed by atoms with Crippen LogP contribution in [0.5, 0.6) is 0 Å². The third kappa shape index (κ3) is 4.96. The second kappa shape index (κ2) is 8.97. The normalized spacial score (nSPS) is 20.1. The van der Waals surface area contributed by atoms with Crippen molar-refractivity contribution in [1.82, 2.24) is 14.5 Å². The highest BCUT2D eigenvalue weighted by molar-refractivity contribution is 9.10. The highest BCUT2D eigenvalue weighted by atomic mass is 79.9. The Labute approximate surface area is 177 Å². The summed E-state index contributed by atoms with van der Waals surface area (Å²) in [7, 11) is 0. The molecule has 1 fully saturated rings. The van der Waals surface area contributed by atoms with Crippen LogP contribution in [0.15, 0.2) is 32.6 Å². The topological polar surface area (TPSA) is 64.4 Å². The van der Waals surface area contributed by atoms with E-state index in [9.17, 15) is 9.59 Å². The summed E-state index contributed by atoms with van der Waals surface area (Å²) in [5.41, 5.74) is 0.584. The van der Waals surface area contributed by atoms with Gasteiger partial charge in [-0.05, 0) is 38.0 Å². The van der Waals surface area contributed by atoms with E-state index < -0.39 is 0 Å². The van der Waals surface area contributed by atoms with Crippen LogP contribution < -0.4 is 5.56 Å². The zero-order valence-electron chi connectivity index (χ0n) is 16.6. The molecule has 6 nitrogen and oxygen atoms in total. The van der Waals surface area contributed by atoms with Crippen LogP contribution in [-0.4, -0.2) is 51.4 Å². The molecule has 0 spiro atoms. The molecule has 0 radical (unpaired) electrons. The lowest BCUT2D eigenvalue weighted by atomic mass is 10.2. The number of halogens is 1. The Morgan fingerprint density at radius 3 is 2.64 bits per heavy atom. The number of fused-ring (bicyclic) bond motifs is 1. The summed E-state index contributed by atoms with van der Waals surface area (Å²) in [6, 6.07) is 5.51. The Bertz CT molecular complexity index is 921. The van der Waals surface area contributed by atoms with Crippen LogP contribution in [0.25, 0.3) is 10.9 Å². The molecule has 28 heavy (non-hydrogen) atoms. The van der Waals surface area contributed by atoms with Gasteiger partial charge in [-0.1, -0.05) is 41.5 Å². The van der Waals surface area contributed by atoms with Crippen molar-refractivity contribution >= 4 is 44.5 Å². The SMILES string of the molecule is CC(C)Cn1c(SCC(=O)N2CC(C)OC(C)C2)nc2ccc(Br)cc2c1=O. The Kier molecular flexibility index (Phi) is 6.83. The number of carbonyl (C=O) groups is 1. The van der Waals surface area contributed by atoms with Gasteiger partial charge in [-0.15, -0.1) is 0 Å². The number of amides is 1. The molecule has 0 aliphatic carbocycles. The van der Waals surface area contributed by atoms with Crippen LogP contribution in [0, 0.1) is 5.92 Å². The summed E-state index contributed by atoms with van der Waals surface area (Å²) in [6.45, 7) is 9.85. The van der Waals surface area contributed by atoms with E-state index in [2.05, 4.69) is 34.8 Å². The molecule has 1 amide bonds. The van der Waals surface area contributed by atoms with Gasteiger partial charge in [-0.3, -0.25) is 14.2 Å². The minimum Gasteiger partial charge on any atom is -0.372 e. The second-order valence-electron chi connectivity index (χ2n) is 7.71. The molecule has 0 saturated carbocycles. The lowest BCUT2D eigenvalue weighted by molar-refractivity contribution is -0.140. The van der Waals surface area contributed by atoms with Gasteiger partial charge in [0.1, 0.15) is 0 Å². The van der Waals surface area contributed by atoms with Crippen molar-refractivity contribution in [3.63, 3.8) is 0 Å². The van der Waals surface area contributed by atoms with Gasteiger partial charge in [-0.25, -0.2) is 4.98 Å². The number of benzene rings is 1. The molecule has 1 saturated heterocycles. The fraction of sp³-hybridized carbons (Fsp3) is 0.550. The van der Waals surface area contributed by atoms with Gasteiger partial charge < -0.3 is 9.64 Å². The second-order valence-corrected chi connectivity index (χ2v) is 9.57. The molecular formula is C20H26BrN3O3S. The van der Waals surface area contributed by atoms with E-state index in [0.29, 0.717) is 41.6 Å². The summed E-state index contributed by atoms with van der Waals surface area (Å²) < 4.78 is 8.25. The van der Waals surface area contributed by atoms with E-state index in [0.717, 1.165) is 4.47 Å². The van der Waals surface area contributed by atoms with Crippen LogP contribution in [-0.2, 0) is 16.1 Å². The van der Waals surface area contributed by atoms with Crippen LogP contribution in [0.3, 0.4) is 0 Å². The number of ether oxygens (including phenoxy) is 1. The largest absolute Gasteiger partial charge is 0.372 e. The summed E-state index contributed by atoms with van der Waals surface area (Å²) in [5, 5.41) is 1.18. The molecule has 8 heteroatoms. The molecule has 1 aromatic heterocycles. The predicted octanol–water partition coefficient (Wildman–Crippen LogP) is 3.54. The van der Waals surface area contributed by atoms with Gasteiger partial charge in [0.2, 0.25) is 5.91 Å². The lowest BCUT2D eigenvalue weighted by Gasteiger charge is -2.35. The van der Waals surface area contributed by atoms with Crippen molar-refractivity contribution in [2.45, 2.75) is 51.6 Å². The highest BCUT2D eigenvalue weighted by Crippen LogP contribution is 2.22. The van der Waals surface area contributed by atoms with Gasteiger partial charge in [-0.2, -0.15) is 0 Å². The number of aromatic nitrogens is 2. The quantitative estimate of drug-likeness (QED) is 0.496. The number of nitrogens with zero attached hydrogens (tertiary/aromatic N) is 3. The maximum atomic E-state index is 13.0. The van der Waals surface area contributed by atoms with Gasteiger partial charge in [0.25, 0.3) is 5.56 Å². The summed E-state index contributed by atoms with van der Waals surface area (Å²) >= 11 is 4.76. The molecule has 0 bridgehead atoms. The van der Waals surface area contributed by atoms with Crippen molar-refractivity contribution in [3.05, 3.63) is 33.0 Å². The standard InChI is InChI=1S/C20H26BrN3O3S/c1-12(2)8-24-19(26)16-7-15(21)5-6-17(16)22-20(24)28-11-18(25)23-9-13(3)27-14(4)10-23/h5-7,12-14H,8-11H2,1-4H3.